The van der Waals surface area contributed by atoms with Gasteiger partial charge in [-0.25, -0.2) is 0 Å². The van der Waals surface area contributed by atoms with Crippen molar-refractivity contribution in [2.24, 2.45) is 0 Å². The Morgan fingerprint density at radius 1 is 0.137 bits per heavy atom. The van der Waals surface area contributed by atoms with Gasteiger partial charge in [-0.05, 0) is 347 Å². The maximum Gasteiger partial charge on any atom is 0.143 e. The van der Waals surface area contributed by atoms with E-state index < -0.39 is 0 Å². The number of hydrogen-bond donors (Lipinski definition) is 0. The van der Waals surface area contributed by atoms with Crippen molar-refractivity contribution in [3.8, 4) is 66.8 Å². The van der Waals surface area contributed by atoms with Crippen LogP contribution in [-0.2, 0) is 5.41 Å². The van der Waals surface area contributed by atoms with Gasteiger partial charge in [-0.15, -0.1) is 0 Å². The van der Waals surface area contributed by atoms with E-state index in [0.29, 0.717) is 0 Å². The summed E-state index contributed by atoms with van der Waals surface area (Å²) in [5.41, 5.74) is 23.6. The Morgan fingerprint density at radius 2 is 0.486 bits per heavy atom. The molecule has 1 aliphatic carbocycles. The van der Waals surface area contributed by atoms with Gasteiger partial charge in [-0.2, -0.15) is 0 Å². The lowest BCUT2D eigenvalue weighted by Crippen LogP contribution is -2.14. The molecule has 0 amide bonds. The van der Waals surface area contributed by atoms with Gasteiger partial charge in [0.1, 0.15) is 33.5 Å². The van der Waals surface area contributed by atoms with Gasteiger partial charge < -0.3 is 13.3 Å². The number of hydrogen-bond acceptors (Lipinski definition) is 3. The molecule has 32 aromatic rings. The molecule has 0 radical (unpaired) electrons. The Bertz CT molecular complexity index is 11200. The fourth-order valence-electron chi connectivity index (χ4n) is 25.7. The van der Waals surface area contributed by atoms with Gasteiger partial charge in [0.05, 0.1) is 0 Å². The topological polar surface area (TPSA) is 39.4 Å². The molecule has 0 atom stereocenters. The van der Waals surface area contributed by atoms with E-state index >= 15 is 0 Å². The molecular weight excluding hydrogens is 1770 g/mol. The Hall–Kier alpha value is -18.8. The second-order valence-corrected chi connectivity index (χ2v) is 40.5. The SMILES string of the molecule is CC1(C)c2ccccc2-c2c1ccc1c(-c3ccc4cc5oc6ccc7c8ccccc8c8ccccc8c7c6c5cc4c3)cccc21.c1ccc(-c2cccc(-c3c4ccccc4c(-c4ccc5cc6oc7cc8c9ccccc9c9ccccc9c8cc7c6cc5c4)c4ccccc34)c2)cc1.c1ccc2c(-c3ccc4cc5oc6c(ccc7c8ccccc8c8ccccc8c76)c5cc4c3)c3ccccc3cc2c1. The van der Waals surface area contributed by atoms with Crippen LogP contribution in [0.5, 0.6) is 0 Å². The zero-order chi connectivity index (χ0) is 95.8. The molecule has 0 fully saturated rings. The third kappa shape index (κ3) is 12.3. The van der Waals surface area contributed by atoms with E-state index in [1.54, 1.807) is 0 Å². The van der Waals surface area contributed by atoms with Crippen LogP contribution in [0.3, 0.4) is 0 Å². The van der Waals surface area contributed by atoms with Crippen LogP contribution in [0.1, 0.15) is 25.0 Å². The second-order valence-electron chi connectivity index (χ2n) is 40.5. The van der Waals surface area contributed by atoms with E-state index in [-0.39, 0.29) is 5.41 Å². The first-order valence-corrected chi connectivity index (χ1v) is 50.7. The lowest BCUT2D eigenvalue weighted by Gasteiger charge is -2.21. The molecule has 0 saturated carbocycles. The molecular formula is C143H86O3. The average Bonchev–Trinajstić information content (AvgIpc) is 1.67. The van der Waals surface area contributed by atoms with E-state index in [1.807, 2.05) is 0 Å². The molecule has 0 unspecified atom stereocenters. The van der Waals surface area contributed by atoms with E-state index in [9.17, 15) is 0 Å². The van der Waals surface area contributed by atoms with Gasteiger partial charge in [-0.1, -0.05) is 402 Å². The number of fused-ring (bicyclic) bond motifs is 41. The normalized spacial score (nSPS) is 12.6. The van der Waals surface area contributed by atoms with Gasteiger partial charge in [0, 0.05) is 48.5 Å². The maximum atomic E-state index is 6.76. The van der Waals surface area contributed by atoms with Gasteiger partial charge in [0.15, 0.2) is 0 Å². The standard InChI is InChI=1S/C54H32O.C47H30O.C42H24O/c1-2-13-33(14-3-1)34-15-12-16-36(27-34)53-43-21-8-10-23-45(43)54(46-24-11-9-22-44(46)53)37-26-25-35-30-51-49(29-38(35)28-37)50-31-47-41-19-6-4-17-39(41)40-18-5-7-20-42(40)48(47)32-52(50)55-51;1-47(2)40-17-8-7-14-38(40)44-35-16-9-15-30(34(35)20-22-41(44)47)28-19-18-27-26-43-39(25-29(27)24-28)46-42(48-43)23-21-37-33-12-4-3-10-31(33)32-11-5-6-13-36(32)45(37)46;1-3-11-30-26(9-1)21-27-10-2-4-12-31(27)40(30)28-18-17-25-24-39-38(23-29(25)22-28)37-20-19-36-34-15-6-5-13-32(34)33-14-7-8-16-35(33)41(36)42(37)43-39/h1-32H;3-26H,1-2H3;1-24H. The predicted molar refractivity (Wildman–Crippen MR) is 624 cm³/mol. The summed E-state index contributed by atoms with van der Waals surface area (Å²) in [7, 11) is 0. The Morgan fingerprint density at radius 3 is 1.06 bits per heavy atom. The summed E-state index contributed by atoms with van der Waals surface area (Å²) in [6.07, 6.45) is 0. The minimum absolute atomic E-state index is 0.0143. The smallest absolute Gasteiger partial charge is 0.143 e. The summed E-state index contributed by atoms with van der Waals surface area (Å²) in [5.74, 6) is 0. The molecule has 3 heterocycles. The quantitative estimate of drug-likeness (QED) is 0.127. The zero-order valence-corrected chi connectivity index (χ0v) is 79.9. The molecule has 33 rings (SSSR count). The fourth-order valence-corrected chi connectivity index (χ4v) is 25.7. The number of furan rings is 3. The van der Waals surface area contributed by atoms with E-state index in [4.69, 9.17) is 13.3 Å². The highest BCUT2D eigenvalue weighted by Gasteiger charge is 2.37. The Kier molecular flexibility index (Phi) is 17.7. The van der Waals surface area contributed by atoms with Crippen molar-refractivity contribution in [2.45, 2.75) is 19.3 Å². The molecule has 3 heteroatoms. The molecule has 1 aliphatic rings. The van der Waals surface area contributed by atoms with Crippen LogP contribution in [0, 0.1) is 0 Å². The monoisotopic (exact) mass is 1850 g/mol. The average molecular weight is 1850 g/mol. The molecule has 676 valence electrons. The molecule has 0 bridgehead atoms. The first kappa shape index (κ1) is 82.0. The molecule has 3 aromatic heterocycles. The zero-order valence-electron chi connectivity index (χ0n) is 79.9. The fraction of sp³-hybridized carbons (Fsp3) is 0.0210. The van der Waals surface area contributed by atoms with Crippen molar-refractivity contribution in [2.75, 3.05) is 0 Å². The molecule has 0 spiro atoms. The minimum atomic E-state index is -0.0143. The summed E-state index contributed by atoms with van der Waals surface area (Å²) < 4.78 is 20.0. The first-order valence-electron chi connectivity index (χ1n) is 50.7. The van der Waals surface area contributed by atoms with Crippen LogP contribution in [-0.4, -0.2) is 0 Å². The Balaban J connectivity index is 0.000000100. The van der Waals surface area contributed by atoms with Crippen molar-refractivity contribution >= 4 is 249 Å². The lowest BCUT2D eigenvalue weighted by atomic mass is 9.82. The summed E-state index contributed by atoms with van der Waals surface area (Å²) in [4.78, 5) is 0. The minimum Gasteiger partial charge on any atom is -0.456 e. The van der Waals surface area contributed by atoms with E-state index in [1.165, 1.54) is 266 Å². The highest BCUT2D eigenvalue weighted by Crippen LogP contribution is 2.55. The maximum absolute atomic E-state index is 6.76. The highest BCUT2D eigenvalue weighted by atomic mass is 16.3. The van der Waals surface area contributed by atoms with Crippen LogP contribution in [0.25, 0.3) is 316 Å². The molecule has 3 nitrogen and oxygen atoms in total. The molecule has 0 saturated heterocycles. The molecule has 29 aromatic carbocycles. The van der Waals surface area contributed by atoms with Crippen LogP contribution >= 0.6 is 0 Å². The molecule has 0 aliphatic heterocycles. The van der Waals surface area contributed by atoms with Crippen LogP contribution in [0.15, 0.2) is 499 Å². The third-order valence-electron chi connectivity index (χ3n) is 32.3. The number of rotatable bonds is 5. The van der Waals surface area contributed by atoms with Gasteiger partial charge in [0.25, 0.3) is 0 Å². The third-order valence-corrected chi connectivity index (χ3v) is 32.3. The molecule has 0 N–H and O–H groups in total. The van der Waals surface area contributed by atoms with Crippen LogP contribution in [0.4, 0.5) is 0 Å². The Labute approximate surface area is 838 Å². The molecule has 146 heavy (non-hydrogen) atoms. The van der Waals surface area contributed by atoms with Gasteiger partial charge >= 0.3 is 0 Å². The first-order chi connectivity index (χ1) is 72.1. The summed E-state index contributed by atoms with van der Waals surface area (Å²) in [5, 5.41) is 49.5. The van der Waals surface area contributed by atoms with Crippen molar-refractivity contribution in [3.05, 3.63) is 496 Å². The summed E-state index contributed by atoms with van der Waals surface area (Å²) in [6.45, 7) is 4.71. The summed E-state index contributed by atoms with van der Waals surface area (Å²) >= 11 is 0. The number of benzene rings is 29. The lowest BCUT2D eigenvalue weighted by molar-refractivity contribution is 0.661. The van der Waals surface area contributed by atoms with Crippen LogP contribution < -0.4 is 0 Å². The van der Waals surface area contributed by atoms with Gasteiger partial charge in [0.2, 0.25) is 0 Å². The van der Waals surface area contributed by atoms with Crippen molar-refractivity contribution < 1.29 is 13.3 Å². The van der Waals surface area contributed by atoms with E-state index in [0.717, 1.165) is 60.4 Å². The van der Waals surface area contributed by atoms with Crippen molar-refractivity contribution in [1.82, 2.24) is 0 Å². The highest BCUT2D eigenvalue weighted by molar-refractivity contribution is 6.37. The van der Waals surface area contributed by atoms with Crippen molar-refractivity contribution in [1.29, 1.82) is 0 Å². The summed E-state index contributed by atoms with van der Waals surface area (Å²) in [6, 6.07) is 178. The van der Waals surface area contributed by atoms with Gasteiger partial charge in [-0.3, -0.25) is 0 Å². The van der Waals surface area contributed by atoms with E-state index in [2.05, 4.69) is 499 Å². The van der Waals surface area contributed by atoms with Crippen molar-refractivity contribution in [3.63, 3.8) is 0 Å². The van der Waals surface area contributed by atoms with Crippen LogP contribution in [0.2, 0.25) is 0 Å². The largest absolute Gasteiger partial charge is 0.456 e. The second kappa shape index (κ2) is 31.6. The predicted octanol–water partition coefficient (Wildman–Crippen LogP) is 41.0.